The summed E-state index contributed by atoms with van der Waals surface area (Å²) in [7, 11) is -9.74. The molecule has 18 heavy (non-hydrogen) atoms. The lowest BCUT2D eigenvalue weighted by Crippen LogP contribution is -1.94. The van der Waals surface area contributed by atoms with Crippen molar-refractivity contribution in [2.24, 2.45) is 0 Å². The summed E-state index contributed by atoms with van der Waals surface area (Å²) >= 11 is 0. The summed E-state index contributed by atoms with van der Waals surface area (Å²) in [5, 5.41) is 0. The van der Waals surface area contributed by atoms with Crippen LogP contribution in [0, 0.1) is 0 Å². The highest BCUT2D eigenvalue weighted by atomic mass is 31.3. The van der Waals surface area contributed by atoms with Gasteiger partial charge in [0.2, 0.25) is 0 Å². The Bertz CT molecular complexity index is 360. The van der Waals surface area contributed by atoms with Gasteiger partial charge in [0.1, 0.15) is 0 Å². The van der Waals surface area contributed by atoms with Crippen molar-refractivity contribution in [1.82, 2.24) is 0 Å². The zero-order valence-corrected chi connectivity index (χ0v) is 12.3. The van der Waals surface area contributed by atoms with E-state index in [4.69, 9.17) is 14.7 Å². The lowest BCUT2D eigenvalue weighted by Gasteiger charge is -2.11. The molecule has 0 aliphatic heterocycles. The van der Waals surface area contributed by atoms with Crippen LogP contribution >= 0.6 is 15.6 Å². The van der Waals surface area contributed by atoms with E-state index in [1.54, 1.807) is 6.08 Å². The van der Waals surface area contributed by atoms with Crippen LogP contribution in [0.4, 0.5) is 0 Å². The molecule has 0 aromatic heterocycles. The van der Waals surface area contributed by atoms with Gasteiger partial charge in [-0.25, -0.2) is 9.13 Å². The average molecular weight is 302 g/mol. The molecular weight excluding hydrogens is 282 g/mol. The van der Waals surface area contributed by atoms with E-state index in [0.717, 1.165) is 31.3 Å². The van der Waals surface area contributed by atoms with Crippen molar-refractivity contribution in [2.75, 3.05) is 6.61 Å². The molecule has 0 fully saturated rings. The number of rotatable bonds is 9. The van der Waals surface area contributed by atoms with Crippen molar-refractivity contribution in [2.45, 2.75) is 39.5 Å². The Balaban J connectivity index is 4.05. The molecule has 0 aliphatic rings. The Morgan fingerprint density at radius 3 is 2.33 bits per heavy atom. The Kier molecular flexibility index (Phi) is 8.23. The quantitative estimate of drug-likeness (QED) is 0.341. The van der Waals surface area contributed by atoms with Crippen LogP contribution in [0.5, 0.6) is 0 Å². The minimum Gasteiger partial charge on any atom is -0.302 e. The standard InChI is InChI=1S/C9H20O7P2/c1-3-4-5-6-9(2)7-8-15-18(13,14)16-17(10,11)12/h7H,3-6,8H2,1-2H3,(H,13,14)(H2,10,11,12)/b9-7+. The SMILES string of the molecule is CCCCC/C(C)=C/COP(=O)(O)OP(=O)(O)O. The number of phosphoric ester groups is 1. The molecule has 0 rings (SSSR count). The highest BCUT2D eigenvalue weighted by Crippen LogP contribution is 2.57. The molecule has 108 valence electrons. The van der Waals surface area contributed by atoms with Gasteiger partial charge >= 0.3 is 15.6 Å². The van der Waals surface area contributed by atoms with E-state index < -0.39 is 15.6 Å². The molecule has 0 aromatic carbocycles. The van der Waals surface area contributed by atoms with Crippen molar-refractivity contribution in [3.05, 3.63) is 11.6 Å². The van der Waals surface area contributed by atoms with E-state index >= 15 is 0 Å². The van der Waals surface area contributed by atoms with Crippen LogP contribution in [0.15, 0.2) is 11.6 Å². The fraction of sp³-hybridized carbons (Fsp3) is 0.778. The summed E-state index contributed by atoms with van der Waals surface area (Å²) in [5.74, 6) is 0. The molecule has 7 nitrogen and oxygen atoms in total. The predicted molar refractivity (Wildman–Crippen MR) is 66.8 cm³/mol. The second-order valence-corrected chi connectivity index (χ2v) is 6.67. The van der Waals surface area contributed by atoms with Crippen molar-refractivity contribution in [3.8, 4) is 0 Å². The molecule has 0 saturated heterocycles. The number of allylic oxidation sites excluding steroid dienone is 1. The molecule has 0 radical (unpaired) electrons. The van der Waals surface area contributed by atoms with Gasteiger partial charge in [0.05, 0.1) is 6.61 Å². The molecule has 9 heteroatoms. The molecule has 0 saturated carbocycles. The Labute approximate surface area is 107 Å². The number of hydrogen-bond donors (Lipinski definition) is 3. The molecule has 0 heterocycles. The maximum absolute atomic E-state index is 11.1. The maximum atomic E-state index is 11.1. The van der Waals surface area contributed by atoms with Gasteiger partial charge in [-0.05, 0) is 19.8 Å². The molecule has 1 unspecified atom stereocenters. The Morgan fingerprint density at radius 1 is 1.22 bits per heavy atom. The van der Waals surface area contributed by atoms with Crippen LogP contribution in [-0.2, 0) is 18.0 Å². The van der Waals surface area contributed by atoms with Gasteiger partial charge in [0.25, 0.3) is 0 Å². The lowest BCUT2D eigenvalue weighted by molar-refractivity contribution is 0.191. The van der Waals surface area contributed by atoms with E-state index in [9.17, 15) is 9.13 Å². The summed E-state index contributed by atoms with van der Waals surface area (Å²) in [6, 6.07) is 0. The second kappa shape index (κ2) is 8.23. The summed E-state index contributed by atoms with van der Waals surface area (Å²) < 4.78 is 29.5. The molecule has 0 aromatic rings. The first-order valence-electron chi connectivity index (χ1n) is 5.56. The second-order valence-electron chi connectivity index (χ2n) is 3.84. The van der Waals surface area contributed by atoms with E-state index in [0.29, 0.717) is 0 Å². The highest BCUT2D eigenvalue weighted by molar-refractivity contribution is 7.60. The van der Waals surface area contributed by atoms with E-state index in [1.165, 1.54) is 0 Å². The average Bonchev–Trinajstić information content (AvgIpc) is 2.13. The molecule has 0 bridgehead atoms. The Morgan fingerprint density at radius 2 is 1.83 bits per heavy atom. The molecule has 0 aliphatic carbocycles. The molecular formula is C9H20O7P2. The monoisotopic (exact) mass is 302 g/mol. The molecule has 3 N–H and O–H groups in total. The van der Waals surface area contributed by atoms with Crippen LogP contribution < -0.4 is 0 Å². The van der Waals surface area contributed by atoms with Crippen molar-refractivity contribution < 1.29 is 32.6 Å². The first kappa shape index (κ1) is 18.0. The van der Waals surface area contributed by atoms with Gasteiger partial charge in [0, 0.05) is 0 Å². The minimum atomic E-state index is -5.03. The van der Waals surface area contributed by atoms with Gasteiger partial charge < -0.3 is 14.7 Å². The lowest BCUT2D eigenvalue weighted by atomic mass is 10.1. The zero-order chi connectivity index (χ0) is 14.2. The van der Waals surface area contributed by atoms with E-state index in [2.05, 4.69) is 15.8 Å². The van der Waals surface area contributed by atoms with Gasteiger partial charge in [-0.1, -0.05) is 31.4 Å². The smallest absolute Gasteiger partial charge is 0.302 e. The predicted octanol–water partition coefficient (Wildman–Crippen LogP) is 2.74. The third-order valence-electron chi connectivity index (χ3n) is 2.05. The van der Waals surface area contributed by atoms with Crippen molar-refractivity contribution in [1.29, 1.82) is 0 Å². The summed E-state index contributed by atoms with van der Waals surface area (Å²) in [4.78, 5) is 25.7. The topological polar surface area (TPSA) is 113 Å². The first-order chi connectivity index (χ1) is 8.16. The van der Waals surface area contributed by atoms with Gasteiger partial charge in [-0.15, -0.1) is 0 Å². The summed E-state index contributed by atoms with van der Waals surface area (Å²) in [5.41, 5.74) is 0.986. The fourth-order valence-electron chi connectivity index (χ4n) is 1.19. The first-order valence-corrected chi connectivity index (χ1v) is 8.58. The molecule has 1 atom stereocenters. The van der Waals surface area contributed by atoms with Crippen LogP contribution in [0.2, 0.25) is 0 Å². The fourth-order valence-corrected chi connectivity index (χ4v) is 2.71. The maximum Gasteiger partial charge on any atom is 0.481 e. The highest BCUT2D eigenvalue weighted by Gasteiger charge is 2.31. The normalized spacial score (nSPS) is 16.6. The van der Waals surface area contributed by atoms with Gasteiger partial charge in [-0.3, -0.25) is 4.52 Å². The summed E-state index contributed by atoms with van der Waals surface area (Å²) in [6.07, 6.45) is 5.67. The van der Waals surface area contributed by atoms with Gasteiger partial charge in [-0.2, -0.15) is 4.31 Å². The van der Waals surface area contributed by atoms with Crippen molar-refractivity contribution in [3.63, 3.8) is 0 Å². The van der Waals surface area contributed by atoms with Crippen molar-refractivity contribution >= 4 is 15.6 Å². The summed E-state index contributed by atoms with van der Waals surface area (Å²) in [6.45, 7) is 3.71. The third-order valence-corrected chi connectivity index (χ3v) is 4.21. The van der Waals surface area contributed by atoms with E-state index in [-0.39, 0.29) is 6.61 Å². The van der Waals surface area contributed by atoms with Crippen LogP contribution in [0.1, 0.15) is 39.5 Å². The minimum absolute atomic E-state index is 0.230. The zero-order valence-electron chi connectivity index (χ0n) is 10.5. The number of unbranched alkanes of at least 4 members (excludes halogenated alkanes) is 2. The largest absolute Gasteiger partial charge is 0.481 e. The number of hydrogen-bond acceptors (Lipinski definition) is 4. The molecule has 0 amide bonds. The molecule has 0 spiro atoms. The van der Waals surface area contributed by atoms with Crippen LogP contribution in [0.3, 0.4) is 0 Å². The van der Waals surface area contributed by atoms with E-state index in [1.807, 2.05) is 6.92 Å². The van der Waals surface area contributed by atoms with Crippen LogP contribution in [0.25, 0.3) is 0 Å². The van der Waals surface area contributed by atoms with Crippen LogP contribution in [-0.4, -0.2) is 21.3 Å². The number of phosphoric acid groups is 2. The third kappa shape index (κ3) is 11.1. The van der Waals surface area contributed by atoms with Gasteiger partial charge in [0.15, 0.2) is 0 Å². The Hall–Kier alpha value is -0.0000000000000000416.